The van der Waals surface area contributed by atoms with E-state index in [0.29, 0.717) is 12.5 Å². The summed E-state index contributed by atoms with van der Waals surface area (Å²) in [6.07, 6.45) is 0. The van der Waals surface area contributed by atoms with E-state index < -0.39 is 0 Å². The molecule has 0 N–H and O–H groups in total. The van der Waals surface area contributed by atoms with Crippen LogP contribution >= 0.6 is 22.9 Å². The molecule has 2 rings (SSSR count). The Bertz CT molecular complexity index is 545. The van der Waals surface area contributed by atoms with Gasteiger partial charge in [-0.15, -0.1) is 22.9 Å². The standard InChI is InChI=1S/C15H18ClNOS/c1-15(2,3)13-10-19-14(17-13)9-18-12-7-5-4-6-11(12)8-16/h4-7,10H,8-9H2,1-3H3. The normalized spacial score (nSPS) is 11.6. The molecule has 4 heteroatoms. The maximum atomic E-state index is 5.88. The number of hydrogen-bond acceptors (Lipinski definition) is 3. The van der Waals surface area contributed by atoms with Crippen molar-refractivity contribution in [2.24, 2.45) is 0 Å². The molecule has 0 fully saturated rings. The minimum atomic E-state index is 0.0861. The second kappa shape index (κ2) is 5.93. The largest absolute Gasteiger partial charge is 0.486 e. The van der Waals surface area contributed by atoms with Gasteiger partial charge in [-0.1, -0.05) is 39.0 Å². The first-order valence-electron chi connectivity index (χ1n) is 6.22. The third kappa shape index (κ3) is 3.71. The van der Waals surface area contributed by atoms with E-state index in [1.54, 1.807) is 11.3 Å². The van der Waals surface area contributed by atoms with Crippen molar-refractivity contribution in [3.05, 3.63) is 45.9 Å². The molecule has 0 bridgehead atoms. The zero-order valence-electron chi connectivity index (χ0n) is 11.4. The van der Waals surface area contributed by atoms with Crippen molar-refractivity contribution in [3.8, 4) is 5.75 Å². The average molecular weight is 296 g/mol. The molecule has 1 aromatic heterocycles. The first-order chi connectivity index (χ1) is 9.00. The summed E-state index contributed by atoms with van der Waals surface area (Å²) in [5.41, 5.74) is 2.21. The minimum absolute atomic E-state index is 0.0861. The predicted molar refractivity (Wildman–Crippen MR) is 81.1 cm³/mol. The van der Waals surface area contributed by atoms with E-state index in [-0.39, 0.29) is 5.41 Å². The van der Waals surface area contributed by atoms with Crippen LogP contribution in [0.5, 0.6) is 5.75 Å². The van der Waals surface area contributed by atoms with E-state index in [9.17, 15) is 0 Å². The number of alkyl halides is 1. The molecule has 0 radical (unpaired) electrons. The molecule has 0 aliphatic rings. The molecule has 0 saturated heterocycles. The highest BCUT2D eigenvalue weighted by atomic mass is 35.5. The van der Waals surface area contributed by atoms with Gasteiger partial charge in [0.05, 0.1) is 11.6 Å². The lowest BCUT2D eigenvalue weighted by Crippen LogP contribution is -2.11. The number of aromatic nitrogens is 1. The fourth-order valence-electron chi connectivity index (χ4n) is 1.62. The molecule has 0 unspecified atom stereocenters. The minimum Gasteiger partial charge on any atom is -0.486 e. The molecular weight excluding hydrogens is 278 g/mol. The smallest absolute Gasteiger partial charge is 0.140 e. The van der Waals surface area contributed by atoms with Gasteiger partial charge in [-0.3, -0.25) is 0 Å². The van der Waals surface area contributed by atoms with E-state index in [1.807, 2.05) is 24.3 Å². The molecule has 0 saturated carbocycles. The van der Waals surface area contributed by atoms with Gasteiger partial charge in [0, 0.05) is 16.4 Å². The summed E-state index contributed by atoms with van der Waals surface area (Å²) >= 11 is 7.52. The van der Waals surface area contributed by atoms with Gasteiger partial charge in [0.1, 0.15) is 17.4 Å². The fourth-order valence-corrected chi connectivity index (χ4v) is 2.77. The second-order valence-corrected chi connectivity index (χ2v) is 6.62. The predicted octanol–water partition coefficient (Wildman–Crippen LogP) is 4.76. The first kappa shape index (κ1) is 14.4. The van der Waals surface area contributed by atoms with Crippen LogP contribution in [0.3, 0.4) is 0 Å². The van der Waals surface area contributed by atoms with Crippen molar-refractivity contribution in [2.45, 2.75) is 38.7 Å². The summed E-state index contributed by atoms with van der Waals surface area (Å²) in [7, 11) is 0. The van der Waals surface area contributed by atoms with Crippen LogP contribution in [0, 0.1) is 0 Å². The van der Waals surface area contributed by atoms with Crippen molar-refractivity contribution in [1.82, 2.24) is 4.98 Å². The van der Waals surface area contributed by atoms with Gasteiger partial charge < -0.3 is 4.74 Å². The quantitative estimate of drug-likeness (QED) is 0.759. The van der Waals surface area contributed by atoms with Crippen molar-refractivity contribution in [2.75, 3.05) is 0 Å². The van der Waals surface area contributed by atoms with Gasteiger partial charge in [0.15, 0.2) is 0 Å². The highest BCUT2D eigenvalue weighted by molar-refractivity contribution is 7.09. The summed E-state index contributed by atoms with van der Waals surface area (Å²) in [6.45, 7) is 6.98. The van der Waals surface area contributed by atoms with E-state index in [0.717, 1.165) is 22.0 Å². The van der Waals surface area contributed by atoms with Gasteiger partial charge >= 0.3 is 0 Å². The van der Waals surface area contributed by atoms with Gasteiger partial charge in [-0.25, -0.2) is 4.98 Å². The molecule has 0 atom stereocenters. The van der Waals surface area contributed by atoms with Crippen LogP contribution in [0.25, 0.3) is 0 Å². The average Bonchev–Trinajstić information content (AvgIpc) is 2.85. The van der Waals surface area contributed by atoms with Crippen molar-refractivity contribution in [3.63, 3.8) is 0 Å². The lowest BCUT2D eigenvalue weighted by atomic mass is 9.93. The zero-order chi connectivity index (χ0) is 13.9. The molecule has 1 aromatic carbocycles. The molecule has 102 valence electrons. The third-order valence-electron chi connectivity index (χ3n) is 2.79. The molecule has 2 nitrogen and oxygen atoms in total. The van der Waals surface area contributed by atoms with Crippen LogP contribution < -0.4 is 4.74 Å². The van der Waals surface area contributed by atoms with Gasteiger partial charge in [-0.2, -0.15) is 0 Å². The number of nitrogens with zero attached hydrogens (tertiary/aromatic N) is 1. The molecule has 0 aliphatic carbocycles. The molecule has 19 heavy (non-hydrogen) atoms. The molecule has 2 aromatic rings. The number of thiazole rings is 1. The maximum Gasteiger partial charge on any atom is 0.140 e. The van der Waals surface area contributed by atoms with Crippen molar-refractivity contribution >= 4 is 22.9 Å². The topological polar surface area (TPSA) is 22.1 Å². The number of ether oxygens (including phenoxy) is 1. The van der Waals surface area contributed by atoms with Gasteiger partial charge in [0.2, 0.25) is 0 Å². The third-order valence-corrected chi connectivity index (χ3v) is 3.90. The number of rotatable bonds is 4. The van der Waals surface area contributed by atoms with Crippen LogP contribution in [0.2, 0.25) is 0 Å². The highest BCUT2D eigenvalue weighted by Gasteiger charge is 2.17. The highest BCUT2D eigenvalue weighted by Crippen LogP contribution is 2.25. The molecule has 0 spiro atoms. The van der Waals surface area contributed by atoms with E-state index in [1.165, 1.54) is 0 Å². The summed E-state index contributed by atoms with van der Waals surface area (Å²) < 4.78 is 5.80. The molecular formula is C15H18ClNOS. The summed E-state index contributed by atoms with van der Waals surface area (Å²) in [5, 5.41) is 3.10. The second-order valence-electron chi connectivity index (χ2n) is 5.41. The summed E-state index contributed by atoms with van der Waals surface area (Å²) in [5.74, 6) is 1.30. The zero-order valence-corrected chi connectivity index (χ0v) is 13.0. The Labute approximate surface area is 123 Å². The van der Waals surface area contributed by atoms with Gasteiger partial charge in [0.25, 0.3) is 0 Å². The first-order valence-corrected chi connectivity index (χ1v) is 7.63. The fraction of sp³-hybridized carbons (Fsp3) is 0.400. The number of hydrogen-bond donors (Lipinski definition) is 0. The monoisotopic (exact) mass is 295 g/mol. The Kier molecular flexibility index (Phi) is 4.48. The van der Waals surface area contributed by atoms with Crippen molar-refractivity contribution in [1.29, 1.82) is 0 Å². The Morgan fingerprint density at radius 2 is 2.00 bits per heavy atom. The van der Waals surface area contributed by atoms with E-state index in [2.05, 4.69) is 31.1 Å². The van der Waals surface area contributed by atoms with Crippen LogP contribution in [0.1, 0.15) is 37.0 Å². The van der Waals surface area contributed by atoms with E-state index in [4.69, 9.17) is 16.3 Å². The molecule has 0 aliphatic heterocycles. The lowest BCUT2D eigenvalue weighted by molar-refractivity contribution is 0.302. The van der Waals surface area contributed by atoms with E-state index >= 15 is 0 Å². The molecule has 1 heterocycles. The number of para-hydroxylation sites is 1. The Morgan fingerprint density at radius 3 is 2.63 bits per heavy atom. The SMILES string of the molecule is CC(C)(C)c1csc(COc2ccccc2CCl)n1. The van der Waals surface area contributed by atoms with Crippen LogP contribution in [0.15, 0.2) is 29.6 Å². The Balaban J connectivity index is 2.05. The van der Waals surface area contributed by atoms with Crippen molar-refractivity contribution < 1.29 is 4.74 Å². The summed E-state index contributed by atoms with van der Waals surface area (Å²) in [6, 6.07) is 7.83. The number of halogens is 1. The maximum absolute atomic E-state index is 5.88. The van der Waals surface area contributed by atoms with Crippen LogP contribution in [-0.2, 0) is 17.9 Å². The van der Waals surface area contributed by atoms with Gasteiger partial charge in [-0.05, 0) is 6.07 Å². The number of benzene rings is 1. The Morgan fingerprint density at radius 1 is 1.26 bits per heavy atom. The lowest BCUT2D eigenvalue weighted by Gasteiger charge is -2.14. The summed E-state index contributed by atoms with van der Waals surface area (Å²) in [4.78, 5) is 4.61. The van der Waals surface area contributed by atoms with Crippen LogP contribution in [0.4, 0.5) is 0 Å². The Hall–Kier alpha value is -1.06. The molecule has 0 amide bonds. The van der Waals surface area contributed by atoms with Crippen LogP contribution in [-0.4, -0.2) is 4.98 Å².